The molecule has 1 aromatic heterocycles. The lowest BCUT2D eigenvalue weighted by molar-refractivity contribution is -0.995. The predicted molar refractivity (Wildman–Crippen MR) is 148 cm³/mol. The van der Waals surface area contributed by atoms with Crippen LogP contribution >= 0.6 is 0 Å². The van der Waals surface area contributed by atoms with E-state index < -0.39 is 10.1 Å². The average molecular weight is 555 g/mol. The molecule has 0 amide bonds. The lowest BCUT2D eigenvalue weighted by Gasteiger charge is -2.60. The molecule has 8 nitrogen and oxygen atoms in total. The van der Waals surface area contributed by atoms with E-state index in [1.165, 1.54) is 44.3 Å². The van der Waals surface area contributed by atoms with Crippen molar-refractivity contribution in [2.75, 3.05) is 26.4 Å². The fraction of sp³-hybridized carbons (Fsp3) is 0.500. The number of nitrogens with zero attached hydrogens (tertiary/aromatic N) is 1. The van der Waals surface area contributed by atoms with Crippen molar-refractivity contribution in [3.63, 3.8) is 0 Å². The summed E-state index contributed by atoms with van der Waals surface area (Å²) in [5.41, 5.74) is 4.56. The molecule has 2 aromatic carbocycles. The Kier molecular flexibility index (Phi) is 7.28. The van der Waals surface area contributed by atoms with E-state index in [1.54, 1.807) is 0 Å². The molecular weight excluding hydrogens is 516 g/mol. The van der Waals surface area contributed by atoms with Gasteiger partial charge >= 0.3 is 5.97 Å². The summed E-state index contributed by atoms with van der Waals surface area (Å²) in [7, 11) is -1.51. The van der Waals surface area contributed by atoms with Crippen molar-refractivity contribution >= 4 is 27.0 Å². The Morgan fingerprint density at radius 1 is 1.15 bits per heavy atom. The summed E-state index contributed by atoms with van der Waals surface area (Å²) in [5.74, 6) is 1.17. The van der Waals surface area contributed by atoms with E-state index in [4.69, 9.17) is 22.4 Å². The van der Waals surface area contributed by atoms with Crippen molar-refractivity contribution in [3.05, 3.63) is 64.8 Å². The molecule has 6 rings (SSSR count). The monoisotopic (exact) mass is 554 g/mol. The fourth-order valence-corrected chi connectivity index (χ4v) is 7.13. The molecule has 1 spiro atoms. The third-order valence-corrected chi connectivity index (χ3v) is 8.90. The van der Waals surface area contributed by atoms with Gasteiger partial charge in [-0.2, -0.15) is 0 Å². The Labute approximate surface area is 230 Å². The van der Waals surface area contributed by atoms with E-state index in [2.05, 4.69) is 24.2 Å². The molecule has 9 heteroatoms. The van der Waals surface area contributed by atoms with Crippen LogP contribution in [0.1, 0.15) is 72.3 Å². The number of carbonyl (C=O) groups is 1. The van der Waals surface area contributed by atoms with Crippen molar-refractivity contribution in [2.24, 2.45) is 5.92 Å². The number of esters is 1. The molecule has 0 aliphatic carbocycles. The Bertz CT molecular complexity index is 1470. The first kappa shape index (κ1) is 27.7. The minimum atomic E-state index is -3.92. The molecule has 3 unspecified atom stereocenters. The number of rotatable bonds is 3. The van der Waals surface area contributed by atoms with Gasteiger partial charge in [0.2, 0.25) is 5.72 Å². The second-order valence-corrected chi connectivity index (χ2v) is 13.0. The number of aromatic nitrogens is 1. The highest BCUT2D eigenvalue weighted by Gasteiger charge is 2.61. The van der Waals surface area contributed by atoms with Crippen LogP contribution in [0.15, 0.2) is 42.5 Å². The van der Waals surface area contributed by atoms with Gasteiger partial charge in [-0.15, -0.1) is 0 Å². The number of hydrogen-bond acceptors (Lipinski definition) is 6. The summed E-state index contributed by atoms with van der Waals surface area (Å²) in [5, 5.41) is 0.991. The summed E-state index contributed by atoms with van der Waals surface area (Å²) in [6.45, 7) is 6.30. The van der Waals surface area contributed by atoms with Gasteiger partial charge in [-0.25, -0.2) is 13.2 Å². The highest BCUT2D eigenvalue weighted by Crippen LogP contribution is 2.52. The zero-order chi connectivity index (χ0) is 28.0. The van der Waals surface area contributed by atoms with Crippen molar-refractivity contribution in [2.45, 2.75) is 64.2 Å². The SMILES string of the molecule is CS(=O)(=O)[O-].Cc1[nH]c2ccc3c(c2c1C(=O)O[C@@H](C)c1ccccc1)CC1CCC[N+]2(C)CCCCC12O3. The predicted octanol–water partition coefficient (Wildman–Crippen LogP) is 5.23. The number of aromatic amines is 1. The molecule has 0 saturated carbocycles. The Balaban J connectivity index is 0.000000567. The van der Waals surface area contributed by atoms with Crippen LogP contribution in [0, 0.1) is 12.8 Å². The number of piperidine rings is 2. The number of hydrogen-bond donors (Lipinski definition) is 1. The molecule has 4 atom stereocenters. The third kappa shape index (κ3) is 5.19. The highest BCUT2D eigenvalue weighted by molar-refractivity contribution is 7.84. The topological polar surface area (TPSA) is 109 Å². The van der Waals surface area contributed by atoms with E-state index in [0.717, 1.165) is 45.2 Å². The number of H-pyrrole nitrogens is 1. The molecular formula is C30H38N2O6S. The molecule has 2 fully saturated rings. The van der Waals surface area contributed by atoms with Crippen LogP contribution in [0.4, 0.5) is 0 Å². The smallest absolute Gasteiger partial charge is 0.341 e. The van der Waals surface area contributed by atoms with Crippen LogP contribution in [0.3, 0.4) is 0 Å². The van der Waals surface area contributed by atoms with Gasteiger partial charge < -0.3 is 19.0 Å². The van der Waals surface area contributed by atoms with Gasteiger partial charge in [0.15, 0.2) is 0 Å². The molecule has 0 bridgehead atoms. The van der Waals surface area contributed by atoms with E-state index >= 15 is 0 Å². The zero-order valence-electron chi connectivity index (χ0n) is 23.2. The van der Waals surface area contributed by atoms with Crippen LogP contribution in [-0.2, 0) is 21.3 Å². The molecule has 2 saturated heterocycles. The summed E-state index contributed by atoms with van der Waals surface area (Å²) in [6, 6.07) is 14.1. The van der Waals surface area contributed by atoms with Crippen LogP contribution in [0.5, 0.6) is 5.75 Å². The first-order valence-electron chi connectivity index (χ1n) is 13.8. The van der Waals surface area contributed by atoms with Crippen LogP contribution in [0.25, 0.3) is 10.9 Å². The molecule has 4 heterocycles. The Morgan fingerprint density at radius 3 is 2.56 bits per heavy atom. The first-order valence-corrected chi connectivity index (χ1v) is 15.6. The van der Waals surface area contributed by atoms with Gasteiger partial charge in [0.25, 0.3) is 0 Å². The Morgan fingerprint density at radius 2 is 1.85 bits per heavy atom. The van der Waals surface area contributed by atoms with E-state index in [-0.39, 0.29) is 17.8 Å². The zero-order valence-corrected chi connectivity index (χ0v) is 24.0. The molecule has 3 aromatic rings. The highest BCUT2D eigenvalue weighted by atomic mass is 32.2. The third-order valence-electron chi connectivity index (χ3n) is 8.90. The molecule has 0 radical (unpaired) electrons. The number of aryl methyl sites for hydroxylation is 1. The van der Waals surface area contributed by atoms with Gasteiger partial charge in [0.05, 0.1) is 41.7 Å². The van der Waals surface area contributed by atoms with Crippen LogP contribution < -0.4 is 4.74 Å². The van der Waals surface area contributed by atoms with Gasteiger partial charge in [-0.3, -0.25) is 4.48 Å². The summed E-state index contributed by atoms with van der Waals surface area (Å²) in [6.07, 6.45) is 7.34. The largest absolute Gasteiger partial charge is 0.748 e. The van der Waals surface area contributed by atoms with E-state index in [1.807, 2.05) is 44.2 Å². The maximum absolute atomic E-state index is 13.5. The molecule has 3 aliphatic rings. The lowest BCUT2D eigenvalue weighted by Crippen LogP contribution is -2.74. The first-order chi connectivity index (χ1) is 18.4. The van der Waals surface area contributed by atoms with Crippen LogP contribution in [0.2, 0.25) is 0 Å². The summed E-state index contributed by atoms with van der Waals surface area (Å²) in [4.78, 5) is 16.9. The maximum atomic E-state index is 13.5. The second-order valence-electron chi connectivity index (χ2n) is 11.5. The Hall–Kier alpha value is -2.88. The molecule has 1 N–H and O–H groups in total. The fourth-order valence-electron chi connectivity index (χ4n) is 7.13. The number of carbonyl (C=O) groups excluding carboxylic acids is 1. The van der Waals surface area contributed by atoms with Crippen molar-refractivity contribution in [1.82, 2.24) is 4.98 Å². The summed E-state index contributed by atoms with van der Waals surface area (Å²) >= 11 is 0. The number of nitrogens with one attached hydrogen (secondary N) is 1. The van der Waals surface area contributed by atoms with Gasteiger partial charge in [-0.1, -0.05) is 30.3 Å². The summed E-state index contributed by atoms with van der Waals surface area (Å²) < 4.78 is 41.3. The molecule has 3 aliphatic heterocycles. The molecule has 210 valence electrons. The lowest BCUT2D eigenvalue weighted by atomic mass is 9.72. The van der Waals surface area contributed by atoms with Crippen molar-refractivity contribution in [1.29, 1.82) is 0 Å². The van der Waals surface area contributed by atoms with Gasteiger partial charge in [0.1, 0.15) is 11.9 Å². The number of fused-ring (bicyclic) bond motifs is 3. The van der Waals surface area contributed by atoms with Gasteiger partial charge in [-0.05, 0) is 63.6 Å². The van der Waals surface area contributed by atoms with E-state index in [9.17, 15) is 4.79 Å². The van der Waals surface area contributed by atoms with E-state index in [0.29, 0.717) is 17.7 Å². The van der Waals surface area contributed by atoms with Crippen LogP contribution in [-0.4, -0.2) is 60.5 Å². The maximum Gasteiger partial charge on any atom is 0.341 e. The number of quaternary nitrogens is 1. The molecule has 39 heavy (non-hydrogen) atoms. The number of benzene rings is 2. The van der Waals surface area contributed by atoms with Crippen molar-refractivity contribution < 1.29 is 31.7 Å². The second kappa shape index (κ2) is 10.3. The average Bonchev–Trinajstić information content (AvgIpc) is 3.22. The van der Waals surface area contributed by atoms with Crippen molar-refractivity contribution in [3.8, 4) is 5.75 Å². The standard InChI is InChI=1S/C29H34N2O3.CH4O3S/c1-19-26(28(32)33-20(2)21-10-5-4-6-11-21)27-23-18-22-12-9-17-31(3)16-8-7-15-29(22,31)34-25(23)14-13-24(27)30-19;1-5(2,3)4/h4-6,10-11,13-14,20,22H,7-9,12,15-18H2,1-3H3;1H3,(H,2,3,4)/t20-,22?,29?,31?;/m0./s1. The quantitative estimate of drug-likeness (QED) is 0.270. The number of ether oxygens (including phenoxy) is 2. The normalized spacial score (nSPS) is 26.6. The minimum absolute atomic E-state index is 0.120. The minimum Gasteiger partial charge on any atom is -0.748 e. The van der Waals surface area contributed by atoms with Gasteiger partial charge in [0, 0.05) is 34.8 Å².